The van der Waals surface area contributed by atoms with Gasteiger partial charge in [0.25, 0.3) is 0 Å². The Labute approximate surface area is 95.7 Å². The van der Waals surface area contributed by atoms with Crippen molar-refractivity contribution in [3.8, 4) is 0 Å². The van der Waals surface area contributed by atoms with Crippen molar-refractivity contribution < 1.29 is 33.9 Å². The fraction of sp³-hybridized carbons (Fsp3) is 0.125. The van der Waals surface area contributed by atoms with Crippen molar-refractivity contribution in [3.63, 3.8) is 0 Å². The van der Waals surface area contributed by atoms with Crippen molar-refractivity contribution in [2.24, 2.45) is 0 Å². The summed E-state index contributed by atoms with van der Waals surface area (Å²) >= 11 is 4.25. The van der Waals surface area contributed by atoms with Gasteiger partial charge in [-0.3, -0.25) is 4.39 Å². The van der Waals surface area contributed by atoms with Crippen LogP contribution in [-0.4, -0.2) is 0 Å². The predicted octanol–water partition coefficient (Wildman–Crippen LogP) is 3.87. The van der Waals surface area contributed by atoms with Crippen LogP contribution in [-0.2, 0) is 22.5 Å². The maximum atomic E-state index is 12.7. The van der Waals surface area contributed by atoms with Crippen molar-refractivity contribution in [2.45, 2.75) is 6.18 Å². The third-order valence-electron chi connectivity index (χ3n) is 1.38. The van der Waals surface area contributed by atoms with E-state index in [1.807, 2.05) is 0 Å². The maximum absolute atomic E-state index is 12.7. The molecule has 0 unspecified atom stereocenters. The molecule has 0 atom stereocenters. The Morgan fingerprint density at radius 2 is 1.71 bits per heavy atom. The molecule has 0 amide bonds. The number of alkyl halides is 3. The zero-order chi connectivity index (χ0) is 11.4. The van der Waals surface area contributed by atoms with Gasteiger partial charge >= 0.3 is 36.1 Å². The van der Waals surface area contributed by atoms with E-state index >= 15 is 0 Å². The minimum atomic E-state index is -4.64. The quantitative estimate of drug-likeness (QED) is 0.386. The normalized spacial score (nSPS) is 10.5. The first-order valence-electron chi connectivity index (χ1n) is 3.37. The molecule has 0 aromatic heterocycles. The zero-order valence-electron chi connectivity index (χ0n) is 7.04. The molecule has 1 aromatic rings. The predicted molar refractivity (Wildman–Crippen MR) is 44.8 cm³/mol. The number of rotatable bonds is 0. The van der Waals surface area contributed by atoms with Gasteiger partial charge in [-0.25, -0.2) is 0 Å². The average Bonchev–Trinajstić information content (AvgIpc) is 2.11. The SMILES string of the molecule is [CH2-]c1cccc(C(F)(F)F)c1F.[Zn+][Br]. The fourth-order valence-electron chi connectivity index (χ4n) is 0.799. The van der Waals surface area contributed by atoms with Crippen LogP contribution in [0.1, 0.15) is 11.1 Å². The molecule has 0 aliphatic heterocycles. The molecule has 1 rings (SSSR count). The molecular formula is C8H5BrF4Zn. The molecule has 0 spiro atoms. The van der Waals surface area contributed by atoms with Crippen molar-refractivity contribution in [1.82, 2.24) is 0 Å². The van der Waals surface area contributed by atoms with Gasteiger partial charge < -0.3 is 0 Å². The Morgan fingerprint density at radius 3 is 2.07 bits per heavy atom. The Kier molecular flexibility index (Phi) is 5.68. The zero-order valence-corrected chi connectivity index (χ0v) is 11.6. The van der Waals surface area contributed by atoms with Crippen LogP contribution in [0.15, 0.2) is 18.2 Å². The van der Waals surface area contributed by atoms with E-state index in [0.717, 1.165) is 6.07 Å². The Bertz CT molecular complexity index is 298. The van der Waals surface area contributed by atoms with E-state index in [1.165, 1.54) is 22.4 Å². The van der Waals surface area contributed by atoms with Crippen LogP contribution in [0, 0.1) is 12.7 Å². The number of hydrogen-bond donors (Lipinski definition) is 0. The van der Waals surface area contributed by atoms with Gasteiger partial charge in [-0.2, -0.15) is 31.7 Å². The summed E-state index contributed by atoms with van der Waals surface area (Å²) in [5, 5.41) is 0. The molecule has 0 heterocycles. The third-order valence-corrected chi connectivity index (χ3v) is 1.38. The summed E-state index contributed by atoms with van der Waals surface area (Å²) in [4.78, 5) is 0. The summed E-state index contributed by atoms with van der Waals surface area (Å²) in [6.07, 6.45) is -4.64. The molecule has 1 aromatic carbocycles. The van der Waals surface area contributed by atoms with E-state index < -0.39 is 17.6 Å². The molecule has 0 bridgehead atoms. The molecule has 14 heavy (non-hydrogen) atoms. The molecule has 0 N–H and O–H groups in total. The Hall–Kier alpha value is -0.0866. The summed E-state index contributed by atoms with van der Waals surface area (Å²) in [5.74, 6) is -1.30. The minimum absolute atomic E-state index is 0.246. The van der Waals surface area contributed by atoms with Gasteiger partial charge in [0.1, 0.15) is 0 Å². The van der Waals surface area contributed by atoms with E-state index in [9.17, 15) is 17.6 Å². The second kappa shape index (κ2) is 5.71. The molecule has 74 valence electrons. The van der Waals surface area contributed by atoms with E-state index in [2.05, 4.69) is 20.5 Å². The number of halogens is 5. The van der Waals surface area contributed by atoms with E-state index in [-0.39, 0.29) is 5.56 Å². The topological polar surface area (TPSA) is 0 Å². The summed E-state index contributed by atoms with van der Waals surface area (Å²) < 4.78 is 48.6. The number of benzene rings is 1. The Morgan fingerprint density at radius 1 is 1.21 bits per heavy atom. The monoisotopic (exact) mass is 320 g/mol. The van der Waals surface area contributed by atoms with E-state index in [0.29, 0.717) is 6.07 Å². The van der Waals surface area contributed by atoms with Crippen molar-refractivity contribution >= 4 is 13.6 Å². The average molecular weight is 322 g/mol. The Balaban J connectivity index is 0.000000791. The van der Waals surface area contributed by atoms with Gasteiger partial charge in [0.05, 0.1) is 0 Å². The van der Waals surface area contributed by atoms with Crippen LogP contribution in [0.4, 0.5) is 17.6 Å². The number of hydrogen-bond acceptors (Lipinski definition) is 0. The molecular weight excluding hydrogens is 317 g/mol. The van der Waals surface area contributed by atoms with Crippen LogP contribution < -0.4 is 0 Å². The van der Waals surface area contributed by atoms with Gasteiger partial charge in [-0.1, -0.05) is 6.07 Å². The second-order valence-electron chi connectivity index (χ2n) is 2.28. The molecule has 0 fully saturated rings. The van der Waals surface area contributed by atoms with Crippen molar-refractivity contribution in [3.05, 3.63) is 42.1 Å². The summed E-state index contributed by atoms with van der Waals surface area (Å²) in [6, 6.07) is 2.99. The summed E-state index contributed by atoms with van der Waals surface area (Å²) in [6.45, 7) is 3.12. The van der Waals surface area contributed by atoms with Crippen LogP contribution in [0.5, 0.6) is 0 Å². The molecule has 0 aliphatic carbocycles. The van der Waals surface area contributed by atoms with Gasteiger partial charge in [0.2, 0.25) is 0 Å². The molecule has 0 radical (unpaired) electrons. The molecule has 0 aliphatic rings. The van der Waals surface area contributed by atoms with E-state index in [4.69, 9.17) is 0 Å². The molecule has 0 nitrogen and oxygen atoms in total. The van der Waals surface area contributed by atoms with Crippen LogP contribution in [0.3, 0.4) is 0 Å². The first-order chi connectivity index (χ1) is 6.43. The molecule has 0 saturated heterocycles. The summed E-state index contributed by atoms with van der Waals surface area (Å²) in [5.41, 5.74) is -1.51. The van der Waals surface area contributed by atoms with Crippen LogP contribution in [0.2, 0.25) is 0 Å². The van der Waals surface area contributed by atoms with E-state index in [1.54, 1.807) is 0 Å². The van der Waals surface area contributed by atoms with Crippen LogP contribution in [0.25, 0.3) is 0 Å². The van der Waals surface area contributed by atoms with Gasteiger partial charge in [0.15, 0.2) is 0 Å². The fourth-order valence-corrected chi connectivity index (χ4v) is 0.799. The van der Waals surface area contributed by atoms with Crippen molar-refractivity contribution in [2.75, 3.05) is 0 Å². The first kappa shape index (κ1) is 13.9. The van der Waals surface area contributed by atoms with Gasteiger partial charge in [-0.15, -0.1) is 6.07 Å². The second-order valence-corrected chi connectivity index (χ2v) is 2.28. The standard InChI is InChI=1S/C8H5F4.BrH.Zn/c1-5-3-2-4-6(7(5)9)8(10,11)12;;/h2-4H,1H2;1H;/q-1;;+2/p-1. The van der Waals surface area contributed by atoms with Gasteiger partial charge in [-0.05, 0) is 0 Å². The summed E-state index contributed by atoms with van der Waals surface area (Å²) in [7, 11) is 0. The van der Waals surface area contributed by atoms with Crippen LogP contribution >= 0.6 is 13.6 Å². The van der Waals surface area contributed by atoms with Crippen molar-refractivity contribution in [1.29, 1.82) is 0 Å². The molecule has 0 saturated carbocycles. The first-order valence-corrected chi connectivity index (χ1v) is 10.3. The molecule has 6 heteroatoms. The third kappa shape index (κ3) is 3.58. The van der Waals surface area contributed by atoms with Gasteiger partial charge in [0, 0.05) is 11.4 Å².